The van der Waals surface area contributed by atoms with Crippen molar-refractivity contribution in [3.05, 3.63) is 41.5 Å². The molecule has 18 heavy (non-hydrogen) atoms. The standard InChI is InChI=1S/C13H13F3N2/c1-2-3-4-7-18-11-6-5-10(9-17)12(8-11)13(14,15)16/h2-3,5-6,8,18H,4,7H2,1H3/b3-2+. The van der Waals surface area contributed by atoms with Crippen molar-refractivity contribution in [2.45, 2.75) is 19.5 Å². The van der Waals surface area contributed by atoms with E-state index in [1.165, 1.54) is 12.1 Å². The van der Waals surface area contributed by atoms with Gasteiger partial charge in [0.15, 0.2) is 0 Å². The van der Waals surface area contributed by atoms with Crippen molar-refractivity contribution in [2.75, 3.05) is 11.9 Å². The molecule has 0 radical (unpaired) electrons. The average molecular weight is 254 g/mol. The predicted octanol–water partition coefficient (Wildman–Crippen LogP) is 3.96. The van der Waals surface area contributed by atoms with Crippen LogP contribution >= 0.6 is 0 Å². The molecule has 0 fully saturated rings. The number of nitrogens with one attached hydrogen (secondary N) is 1. The third-order valence-electron chi connectivity index (χ3n) is 2.32. The number of anilines is 1. The molecule has 0 amide bonds. The van der Waals surface area contributed by atoms with E-state index in [9.17, 15) is 13.2 Å². The molecule has 0 unspecified atom stereocenters. The molecule has 0 aliphatic rings. The molecule has 0 aromatic heterocycles. The van der Waals surface area contributed by atoms with Crippen molar-refractivity contribution in [3.63, 3.8) is 0 Å². The van der Waals surface area contributed by atoms with E-state index in [0.717, 1.165) is 12.5 Å². The zero-order valence-corrected chi connectivity index (χ0v) is 9.88. The predicted molar refractivity (Wildman–Crippen MR) is 64.1 cm³/mol. The Labute approximate surface area is 104 Å². The summed E-state index contributed by atoms with van der Waals surface area (Å²) in [5, 5.41) is 11.5. The summed E-state index contributed by atoms with van der Waals surface area (Å²) in [7, 11) is 0. The maximum absolute atomic E-state index is 12.7. The molecule has 0 aliphatic heterocycles. The Morgan fingerprint density at radius 2 is 2.11 bits per heavy atom. The van der Waals surface area contributed by atoms with E-state index in [4.69, 9.17) is 5.26 Å². The molecule has 1 aromatic carbocycles. The van der Waals surface area contributed by atoms with Crippen LogP contribution in [0.1, 0.15) is 24.5 Å². The highest BCUT2D eigenvalue weighted by Crippen LogP contribution is 2.33. The number of nitrogens with zero attached hydrogens (tertiary/aromatic N) is 1. The molecule has 1 rings (SSSR count). The summed E-state index contributed by atoms with van der Waals surface area (Å²) < 4.78 is 38.0. The van der Waals surface area contributed by atoms with Gasteiger partial charge in [-0.25, -0.2) is 0 Å². The molecule has 0 aliphatic carbocycles. The first kappa shape index (κ1) is 14.1. The fourth-order valence-corrected chi connectivity index (χ4v) is 1.45. The van der Waals surface area contributed by atoms with Crippen LogP contribution < -0.4 is 5.32 Å². The number of alkyl halides is 3. The molecule has 2 nitrogen and oxygen atoms in total. The second-order valence-corrected chi connectivity index (χ2v) is 3.65. The van der Waals surface area contributed by atoms with E-state index in [0.29, 0.717) is 12.2 Å². The van der Waals surface area contributed by atoms with E-state index in [1.54, 1.807) is 6.07 Å². The minimum absolute atomic E-state index is 0.360. The lowest BCUT2D eigenvalue weighted by Gasteiger charge is -2.11. The van der Waals surface area contributed by atoms with Gasteiger partial charge in [-0.05, 0) is 31.5 Å². The Morgan fingerprint density at radius 1 is 1.39 bits per heavy atom. The van der Waals surface area contributed by atoms with Crippen molar-refractivity contribution in [2.24, 2.45) is 0 Å². The SMILES string of the molecule is C/C=C/CCNc1ccc(C#N)c(C(F)(F)F)c1. The van der Waals surface area contributed by atoms with Crippen LogP contribution in [0, 0.1) is 11.3 Å². The molecular weight excluding hydrogens is 241 g/mol. The van der Waals surface area contributed by atoms with Crippen molar-refractivity contribution >= 4 is 5.69 Å². The van der Waals surface area contributed by atoms with E-state index in [-0.39, 0.29) is 5.56 Å². The smallest absolute Gasteiger partial charge is 0.385 e. The van der Waals surface area contributed by atoms with Crippen LogP contribution in [0.15, 0.2) is 30.4 Å². The summed E-state index contributed by atoms with van der Waals surface area (Å²) in [4.78, 5) is 0. The summed E-state index contributed by atoms with van der Waals surface area (Å²) in [6.45, 7) is 2.43. The first-order valence-corrected chi connectivity index (χ1v) is 5.45. The van der Waals surface area contributed by atoms with Crippen molar-refractivity contribution < 1.29 is 13.2 Å². The minimum Gasteiger partial charge on any atom is -0.385 e. The molecule has 1 N–H and O–H groups in total. The first-order valence-electron chi connectivity index (χ1n) is 5.45. The third-order valence-corrected chi connectivity index (χ3v) is 2.32. The Kier molecular flexibility index (Phi) is 4.78. The van der Waals surface area contributed by atoms with Gasteiger partial charge in [0.1, 0.15) is 0 Å². The Morgan fingerprint density at radius 3 is 2.67 bits per heavy atom. The van der Waals surface area contributed by atoms with Gasteiger partial charge in [0.2, 0.25) is 0 Å². The van der Waals surface area contributed by atoms with Gasteiger partial charge in [-0.1, -0.05) is 12.2 Å². The van der Waals surface area contributed by atoms with Gasteiger partial charge in [0.05, 0.1) is 17.2 Å². The molecule has 0 saturated heterocycles. The lowest BCUT2D eigenvalue weighted by molar-refractivity contribution is -0.137. The summed E-state index contributed by atoms with van der Waals surface area (Å²) in [6.07, 6.45) is 0.0207. The topological polar surface area (TPSA) is 35.8 Å². The summed E-state index contributed by atoms with van der Waals surface area (Å²) in [5.41, 5.74) is -0.895. The quantitative estimate of drug-likeness (QED) is 0.652. The number of halogens is 3. The average Bonchev–Trinajstić information content (AvgIpc) is 2.33. The molecule has 0 spiro atoms. The van der Waals surface area contributed by atoms with Gasteiger partial charge in [0, 0.05) is 12.2 Å². The lowest BCUT2D eigenvalue weighted by atomic mass is 10.1. The number of allylic oxidation sites excluding steroid dienone is 1. The summed E-state index contributed by atoms with van der Waals surface area (Å²) in [6, 6.07) is 5.17. The fraction of sp³-hybridized carbons (Fsp3) is 0.308. The van der Waals surface area contributed by atoms with Crippen LogP contribution in [-0.4, -0.2) is 6.54 Å². The van der Waals surface area contributed by atoms with Gasteiger partial charge >= 0.3 is 6.18 Å². The fourth-order valence-electron chi connectivity index (χ4n) is 1.45. The first-order chi connectivity index (χ1) is 8.49. The molecule has 96 valence electrons. The van der Waals surface area contributed by atoms with Crippen LogP contribution in [0.5, 0.6) is 0 Å². The molecule has 5 heteroatoms. The molecule has 1 aromatic rings. The van der Waals surface area contributed by atoms with Crippen molar-refractivity contribution in [3.8, 4) is 6.07 Å². The number of rotatable bonds is 4. The number of nitriles is 1. The minimum atomic E-state index is -4.51. The van der Waals surface area contributed by atoms with Crippen molar-refractivity contribution in [1.82, 2.24) is 0 Å². The van der Waals surface area contributed by atoms with Crippen LogP contribution in [0.3, 0.4) is 0 Å². The van der Waals surface area contributed by atoms with Crippen LogP contribution in [-0.2, 0) is 6.18 Å². The molecular formula is C13H13F3N2. The van der Waals surface area contributed by atoms with E-state index < -0.39 is 11.7 Å². The van der Waals surface area contributed by atoms with Gasteiger partial charge in [0.25, 0.3) is 0 Å². The van der Waals surface area contributed by atoms with Crippen LogP contribution in [0.25, 0.3) is 0 Å². The normalized spacial score (nSPS) is 11.5. The van der Waals surface area contributed by atoms with E-state index in [1.807, 2.05) is 19.1 Å². The van der Waals surface area contributed by atoms with Gasteiger partial charge in [-0.3, -0.25) is 0 Å². The highest BCUT2D eigenvalue weighted by molar-refractivity contribution is 5.53. The summed E-state index contributed by atoms with van der Waals surface area (Å²) in [5.74, 6) is 0. The second-order valence-electron chi connectivity index (χ2n) is 3.65. The number of hydrogen-bond acceptors (Lipinski definition) is 2. The zero-order chi connectivity index (χ0) is 13.6. The molecule has 0 heterocycles. The monoisotopic (exact) mass is 254 g/mol. The van der Waals surface area contributed by atoms with E-state index in [2.05, 4.69) is 5.32 Å². The van der Waals surface area contributed by atoms with Crippen LogP contribution in [0.2, 0.25) is 0 Å². The Balaban J connectivity index is 2.87. The van der Waals surface area contributed by atoms with E-state index >= 15 is 0 Å². The molecule has 0 saturated carbocycles. The molecule has 0 atom stereocenters. The highest BCUT2D eigenvalue weighted by Gasteiger charge is 2.33. The maximum atomic E-state index is 12.7. The largest absolute Gasteiger partial charge is 0.417 e. The lowest BCUT2D eigenvalue weighted by Crippen LogP contribution is -2.09. The van der Waals surface area contributed by atoms with Gasteiger partial charge in [-0.2, -0.15) is 18.4 Å². The molecule has 0 bridgehead atoms. The van der Waals surface area contributed by atoms with Gasteiger partial charge < -0.3 is 5.32 Å². The van der Waals surface area contributed by atoms with Crippen LogP contribution in [0.4, 0.5) is 18.9 Å². The Hall–Kier alpha value is -1.96. The third kappa shape index (κ3) is 3.81. The summed E-state index contributed by atoms with van der Waals surface area (Å²) >= 11 is 0. The van der Waals surface area contributed by atoms with Gasteiger partial charge in [-0.15, -0.1) is 0 Å². The maximum Gasteiger partial charge on any atom is 0.417 e. The highest BCUT2D eigenvalue weighted by atomic mass is 19.4. The zero-order valence-electron chi connectivity index (χ0n) is 9.88. The second kappa shape index (κ2) is 6.10. The Bertz CT molecular complexity index is 470. The number of benzene rings is 1. The number of hydrogen-bond donors (Lipinski definition) is 1. The van der Waals surface area contributed by atoms with Crippen molar-refractivity contribution in [1.29, 1.82) is 5.26 Å².